The molecule has 20 heavy (non-hydrogen) atoms. The summed E-state index contributed by atoms with van der Waals surface area (Å²) in [7, 11) is 0. The van der Waals surface area contributed by atoms with Gasteiger partial charge in [-0.3, -0.25) is 0 Å². The van der Waals surface area contributed by atoms with E-state index in [1.165, 1.54) is 18.5 Å². The highest BCUT2D eigenvalue weighted by molar-refractivity contribution is 5.20. The first kappa shape index (κ1) is 17.2. The summed E-state index contributed by atoms with van der Waals surface area (Å²) < 4.78 is 0. The van der Waals surface area contributed by atoms with Crippen molar-refractivity contribution in [2.75, 3.05) is 32.7 Å². The van der Waals surface area contributed by atoms with Gasteiger partial charge in [-0.2, -0.15) is 0 Å². The first-order valence-corrected chi connectivity index (χ1v) is 8.17. The van der Waals surface area contributed by atoms with Crippen LogP contribution in [0, 0.1) is 5.92 Å². The van der Waals surface area contributed by atoms with Crippen molar-refractivity contribution in [2.24, 2.45) is 5.92 Å². The van der Waals surface area contributed by atoms with Crippen LogP contribution in [0.15, 0.2) is 30.3 Å². The van der Waals surface area contributed by atoms with E-state index in [1.54, 1.807) is 0 Å². The van der Waals surface area contributed by atoms with Gasteiger partial charge in [0.1, 0.15) is 0 Å². The lowest BCUT2D eigenvalue weighted by atomic mass is 9.88. The van der Waals surface area contributed by atoms with Crippen LogP contribution in [0.4, 0.5) is 0 Å². The van der Waals surface area contributed by atoms with Crippen molar-refractivity contribution in [3.63, 3.8) is 0 Å². The van der Waals surface area contributed by atoms with Gasteiger partial charge in [0.05, 0.1) is 0 Å². The Kier molecular flexibility index (Phi) is 8.56. The molecular formula is C18H32N2. The molecular weight excluding hydrogens is 244 g/mol. The van der Waals surface area contributed by atoms with Crippen LogP contribution in [0.1, 0.15) is 45.6 Å². The van der Waals surface area contributed by atoms with Crippen LogP contribution in [-0.4, -0.2) is 37.6 Å². The lowest BCUT2D eigenvalue weighted by Gasteiger charge is -2.24. The number of likely N-dealkylation sites (N-methyl/N-ethyl adjacent to an activating group) is 1. The largest absolute Gasteiger partial charge is 0.315 e. The molecule has 0 aliphatic heterocycles. The lowest BCUT2D eigenvalue weighted by Crippen LogP contribution is -2.34. The summed E-state index contributed by atoms with van der Waals surface area (Å²) in [6, 6.07) is 10.9. The van der Waals surface area contributed by atoms with E-state index in [-0.39, 0.29) is 0 Å². The average molecular weight is 276 g/mol. The predicted octanol–water partition coefficient (Wildman–Crippen LogP) is 3.75. The van der Waals surface area contributed by atoms with Crippen LogP contribution >= 0.6 is 0 Å². The van der Waals surface area contributed by atoms with Crippen LogP contribution < -0.4 is 5.32 Å². The molecule has 0 aromatic heterocycles. The fraction of sp³-hybridized carbons (Fsp3) is 0.667. The van der Waals surface area contributed by atoms with Gasteiger partial charge < -0.3 is 10.2 Å². The zero-order chi connectivity index (χ0) is 14.8. The molecule has 1 rings (SSSR count). The zero-order valence-corrected chi connectivity index (χ0v) is 13.7. The Morgan fingerprint density at radius 3 is 2.30 bits per heavy atom. The van der Waals surface area contributed by atoms with E-state index >= 15 is 0 Å². The molecule has 1 aromatic rings. The second-order valence-electron chi connectivity index (χ2n) is 5.90. The van der Waals surface area contributed by atoms with Gasteiger partial charge in [0.25, 0.3) is 0 Å². The fourth-order valence-corrected chi connectivity index (χ4v) is 2.68. The molecule has 0 aliphatic carbocycles. The molecule has 0 spiro atoms. The highest BCUT2D eigenvalue weighted by atomic mass is 15.1. The van der Waals surface area contributed by atoms with Gasteiger partial charge in [-0.25, -0.2) is 0 Å². The van der Waals surface area contributed by atoms with Crippen molar-refractivity contribution in [3.8, 4) is 0 Å². The maximum Gasteiger partial charge on any atom is 0.0107 e. The monoisotopic (exact) mass is 276 g/mol. The molecule has 2 heteroatoms. The third-order valence-electron chi connectivity index (χ3n) is 3.99. The smallest absolute Gasteiger partial charge is 0.0107 e. The average Bonchev–Trinajstić information content (AvgIpc) is 2.46. The molecule has 1 aromatic carbocycles. The topological polar surface area (TPSA) is 15.3 Å². The van der Waals surface area contributed by atoms with Crippen molar-refractivity contribution >= 4 is 0 Å². The van der Waals surface area contributed by atoms with Gasteiger partial charge >= 0.3 is 0 Å². The first-order chi connectivity index (χ1) is 9.69. The standard InChI is InChI=1S/C18H32N2/c1-5-13-20(6-2)14-12-19-15-18(16(3)4)17-10-8-7-9-11-17/h7-11,16,18-19H,5-6,12-15H2,1-4H3. The number of rotatable bonds is 10. The predicted molar refractivity (Wildman–Crippen MR) is 89.3 cm³/mol. The molecule has 0 bridgehead atoms. The zero-order valence-electron chi connectivity index (χ0n) is 13.7. The van der Waals surface area contributed by atoms with E-state index in [0.29, 0.717) is 11.8 Å². The number of benzene rings is 1. The highest BCUT2D eigenvalue weighted by Crippen LogP contribution is 2.23. The van der Waals surface area contributed by atoms with E-state index in [0.717, 1.165) is 26.2 Å². The highest BCUT2D eigenvalue weighted by Gasteiger charge is 2.14. The summed E-state index contributed by atoms with van der Waals surface area (Å²) in [4.78, 5) is 2.51. The van der Waals surface area contributed by atoms with Crippen molar-refractivity contribution < 1.29 is 0 Å². The summed E-state index contributed by atoms with van der Waals surface area (Å²) >= 11 is 0. The van der Waals surface area contributed by atoms with Crippen LogP contribution in [-0.2, 0) is 0 Å². The van der Waals surface area contributed by atoms with Gasteiger partial charge in [0.15, 0.2) is 0 Å². The Bertz CT molecular complexity index is 335. The molecule has 0 fully saturated rings. The van der Waals surface area contributed by atoms with Crippen LogP contribution in [0.2, 0.25) is 0 Å². The normalized spacial score (nSPS) is 13.1. The minimum Gasteiger partial charge on any atom is -0.315 e. The maximum absolute atomic E-state index is 3.65. The molecule has 1 N–H and O–H groups in total. The summed E-state index contributed by atoms with van der Waals surface area (Å²) in [5.74, 6) is 1.28. The van der Waals surface area contributed by atoms with Gasteiger partial charge in [0.2, 0.25) is 0 Å². The Labute approximate surface area is 125 Å². The third-order valence-corrected chi connectivity index (χ3v) is 3.99. The summed E-state index contributed by atoms with van der Waals surface area (Å²) in [6.07, 6.45) is 1.24. The van der Waals surface area contributed by atoms with E-state index in [1.807, 2.05) is 0 Å². The van der Waals surface area contributed by atoms with Gasteiger partial charge in [0, 0.05) is 19.6 Å². The Morgan fingerprint density at radius 1 is 1.05 bits per heavy atom. The van der Waals surface area contributed by atoms with Crippen molar-refractivity contribution in [1.29, 1.82) is 0 Å². The fourth-order valence-electron chi connectivity index (χ4n) is 2.68. The van der Waals surface area contributed by atoms with Crippen LogP contribution in [0.25, 0.3) is 0 Å². The molecule has 0 saturated carbocycles. The van der Waals surface area contributed by atoms with Crippen molar-refractivity contribution in [1.82, 2.24) is 10.2 Å². The van der Waals surface area contributed by atoms with Gasteiger partial charge in [-0.1, -0.05) is 58.0 Å². The molecule has 0 radical (unpaired) electrons. The molecule has 0 amide bonds. The number of nitrogens with one attached hydrogen (secondary N) is 1. The molecule has 0 aliphatic rings. The number of nitrogens with zero attached hydrogens (tertiary/aromatic N) is 1. The van der Waals surface area contributed by atoms with E-state index in [9.17, 15) is 0 Å². The molecule has 1 unspecified atom stereocenters. The van der Waals surface area contributed by atoms with Gasteiger partial charge in [-0.05, 0) is 36.9 Å². The van der Waals surface area contributed by atoms with E-state index < -0.39 is 0 Å². The summed E-state index contributed by atoms with van der Waals surface area (Å²) in [5.41, 5.74) is 1.45. The SMILES string of the molecule is CCCN(CC)CCNCC(c1ccccc1)C(C)C. The second kappa shape index (κ2) is 9.95. The molecule has 1 atom stereocenters. The van der Waals surface area contributed by atoms with Crippen LogP contribution in [0.3, 0.4) is 0 Å². The maximum atomic E-state index is 3.65. The number of hydrogen-bond donors (Lipinski definition) is 1. The van der Waals surface area contributed by atoms with Crippen molar-refractivity contribution in [2.45, 2.75) is 40.0 Å². The Balaban J connectivity index is 2.37. The summed E-state index contributed by atoms with van der Waals surface area (Å²) in [6.45, 7) is 14.8. The van der Waals surface area contributed by atoms with Crippen LogP contribution in [0.5, 0.6) is 0 Å². The van der Waals surface area contributed by atoms with Crippen molar-refractivity contribution in [3.05, 3.63) is 35.9 Å². The van der Waals surface area contributed by atoms with E-state index in [4.69, 9.17) is 0 Å². The Hall–Kier alpha value is -0.860. The minimum atomic E-state index is 0.609. The summed E-state index contributed by atoms with van der Waals surface area (Å²) in [5, 5.41) is 3.65. The first-order valence-electron chi connectivity index (χ1n) is 8.17. The lowest BCUT2D eigenvalue weighted by molar-refractivity contribution is 0.285. The quantitative estimate of drug-likeness (QED) is 0.655. The second-order valence-corrected chi connectivity index (χ2v) is 5.90. The molecule has 0 heterocycles. The van der Waals surface area contributed by atoms with E-state index in [2.05, 4.69) is 68.2 Å². The van der Waals surface area contributed by atoms with Gasteiger partial charge in [-0.15, -0.1) is 0 Å². The molecule has 0 saturated heterocycles. The molecule has 2 nitrogen and oxygen atoms in total. The third kappa shape index (κ3) is 6.06. The minimum absolute atomic E-state index is 0.609. The Morgan fingerprint density at radius 2 is 1.75 bits per heavy atom. The number of hydrogen-bond acceptors (Lipinski definition) is 2. The molecule has 114 valence electrons.